The van der Waals surface area contributed by atoms with Crippen LogP contribution in [0.3, 0.4) is 0 Å². The first-order valence-electron chi connectivity index (χ1n) is 12.4. The van der Waals surface area contributed by atoms with Crippen LogP contribution in [0.4, 0.5) is 5.69 Å². The molecule has 0 bridgehead atoms. The van der Waals surface area contributed by atoms with E-state index in [-0.39, 0.29) is 30.2 Å². The molecule has 0 radical (unpaired) electrons. The predicted octanol–water partition coefficient (Wildman–Crippen LogP) is 3.78. The number of tetrazole rings is 1. The summed E-state index contributed by atoms with van der Waals surface area (Å²) < 4.78 is 5.58. The van der Waals surface area contributed by atoms with Gasteiger partial charge in [-0.05, 0) is 79.4 Å². The van der Waals surface area contributed by atoms with E-state index in [4.69, 9.17) is 4.42 Å². The Morgan fingerprint density at radius 1 is 1.11 bits per heavy atom. The fourth-order valence-corrected chi connectivity index (χ4v) is 4.69. The van der Waals surface area contributed by atoms with Crippen LogP contribution < -0.4 is 10.2 Å². The van der Waals surface area contributed by atoms with Crippen molar-refractivity contribution in [1.29, 1.82) is 0 Å². The number of benzene rings is 1. The van der Waals surface area contributed by atoms with Crippen molar-refractivity contribution < 1.29 is 14.0 Å². The van der Waals surface area contributed by atoms with Crippen LogP contribution in [0.15, 0.2) is 65.3 Å². The number of amides is 2. The molecule has 1 atom stereocenters. The lowest BCUT2D eigenvalue weighted by Gasteiger charge is -2.32. The molecular formula is C27H29N7O3. The maximum Gasteiger partial charge on any atom is 0.251 e. The van der Waals surface area contributed by atoms with Crippen LogP contribution in [0.1, 0.15) is 48.6 Å². The summed E-state index contributed by atoms with van der Waals surface area (Å²) in [5, 5.41) is 15.6. The average Bonchev–Trinajstić information content (AvgIpc) is 3.66. The molecule has 1 fully saturated rings. The summed E-state index contributed by atoms with van der Waals surface area (Å²) in [4.78, 5) is 34.5. The predicted molar refractivity (Wildman–Crippen MR) is 136 cm³/mol. The minimum absolute atomic E-state index is 0.0996. The molecule has 0 spiro atoms. The fraction of sp³-hybridized carbons (Fsp3) is 0.333. The second kappa shape index (κ2) is 10.7. The maximum atomic E-state index is 13.9. The van der Waals surface area contributed by atoms with Crippen LogP contribution in [0.25, 0.3) is 11.6 Å². The SMILES string of the molecule is Cc1cccc(N(C(=O)Cn2nnc(-c3ccc(C)o3)n2)[C@H](C(=O)NC2CCCC2)c2ccncc2)c1. The Morgan fingerprint density at radius 2 is 1.89 bits per heavy atom. The minimum atomic E-state index is -0.895. The molecule has 1 N–H and O–H groups in total. The topological polar surface area (TPSA) is 119 Å². The smallest absolute Gasteiger partial charge is 0.251 e. The van der Waals surface area contributed by atoms with Crippen LogP contribution in [0, 0.1) is 13.8 Å². The third-order valence-corrected chi connectivity index (χ3v) is 6.47. The van der Waals surface area contributed by atoms with Crippen molar-refractivity contribution in [1.82, 2.24) is 30.5 Å². The van der Waals surface area contributed by atoms with Crippen molar-refractivity contribution in [3.05, 3.63) is 77.8 Å². The molecule has 4 aromatic rings. The Bertz CT molecular complexity index is 1380. The molecule has 0 unspecified atom stereocenters. The summed E-state index contributed by atoms with van der Waals surface area (Å²) in [7, 11) is 0. The van der Waals surface area contributed by atoms with Crippen LogP contribution in [-0.4, -0.2) is 43.0 Å². The molecule has 1 aliphatic carbocycles. The normalized spacial score (nSPS) is 14.4. The zero-order valence-corrected chi connectivity index (χ0v) is 20.9. The van der Waals surface area contributed by atoms with E-state index in [1.807, 2.05) is 44.2 Å². The summed E-state index contributed by atoms with van der Waals surface area (Å²) >= 11 is 0. The van der Waals surface area contributed by atoms with Gasteiger partial charge in [-0.2, -0.15) is 4.80 Å². The monoisotopic (exact) mass is 499 g/mol. The van der Waals surface area contributed by atoms with Crippen LogP contribution in [0.2, 0.25) is 0 Å². The third kappa shape index (κ3) is 5.58. The summed E-state index contributed by atoms with van der Waals surface area (Å²) in [6.07, 6.45) is 7.29. The van der Waals surface area contributed by atoms with Crippen LogP contribution in [-0.2, 0) is 16.1 Å². The van der Waals surface area contributed by atoms with Gasteiger partial charge in [0.1, 0.15) is 18.3 Å². The molecule has 190 valence electrons. The number of nitrogens with one attached hydrogen (secondary N) is 1. The molecule has 0 saturated heterocycles. The van der Waals surface area contributed by atoms with E-state index < -0.39 is 6.04 Å². The molecule has 0 aliphatic heterocycles. The maximum absolute atomic E-state index is 13.9. The first-order valence-corrected chi connectivity index (χ1v) is 12.4. The highest BCUT2D eigenvalue weighted by Crippen LogP contribution is 2.30. The minimum Gasteiger partial charge on any atom is -0.458 e. The second-order valence-corrected chi connectivity index (χ2v) is 9.33. The van der Waals surface area contributed by atoms with Gasteiger partial charge in [-0.3, -0.25) is 19.5 Å². The lowest BCUT2D eigenvalue weighted by atomic mass is 10.0. The number of anilines is 1. The number of carbonyl (C=O) groups is 2. The van der Waals surface area contributed by atoms with Gasteiger partial charge in [0.05, 0.1) is 0 Å². The van der Waals surface area contributed by atoms with E-state index in [1.54, 1.807) is 30.6 Å². The number of hydrogen-bond acceptors (Lipinski definition) is 7. The number of aryl methyl sites for hydroxylation is 2. The second-order valence-electron chi connectivity index (χ2n) is 9.33. The van der Waals surface area contributed by atoms with E-state index in [2.05, 4.69) is 25.7 Å². The molecule has 10 heteroatoms. The van der Waals surface area contributed by atoms with Gasteiger partial charge < -0.3 is 9.73 Å². The van der Waals surface area contributed by atoms with E-state index in [9.17, 15) is 9.59 Å². The van der Waals surface area contributed by atoms with Gasteiger partial charge in [-0.25, -0.2) is 0 Å². The molecule has 1 aromatic carbocycles. The van der Waals surface area contributed by atoms with E-state index in [1.165, 1.54) is 9.70 Å². The number of furan rings is 1. The Hall–Kier alpha value is -4.34. The number of hydrogen-bond donors (Lipinski definition) is 1. The van der Waals surface area contributed by atoms with Crippen molar-refractivity contribution in [2.24, 2.45) is 0 Å². The quantitative estimate of drug-likeness (QED) is 0.392. The highest BCUT2D eigenvalue weighted by atomic mass is 16.3. The summed E-state index contributed by atoms with van der Waals surface area (Å²) in [5.41, 5.74) is 2.24. The molecule has 2 amide bonds. The third-order valence-electron chi connectivity index (χ3n) is 6.47. The highest BCUT2D eigenvalue weighted by molar-refractivity contribution is 6.01. The van der Waals surface area contributed by atoms with Gasteiger partial charge in [-0.15, -0.1) is 10.2 Å². The Kier molecular flexibility index (Phi) is 7.07. The average molecular weight is 500 g/mol. The fourth-order valence-electron chi connectivity index (χ4n) is 4.69. The van der Waals surface area contributed by atoms with E-state index >= 15 is 0 Å². The first-order chi connectivity index (χ1) is 18.0. The van der Waals surface area contributed by atoms with Crippen molar-refractivity contribution in [3.8, 4) is 11.6 Å². The van der Waals surface area contributed by atoms with Crippen molar-refractivity contribution >= 4 is 17.5 Å². The number of carbonyl (C=O) groups excluding carboxylic acids is 2. The molecule has 3 heterocycles. The summed E-state index contributed by atoms with van der Waals surface area (Å²) in [5.74, 6) is 0.895. The van der Waals surface area contributed by atoms with E-state index in [0.717, 1.165) is 37.0 Å². The molecular weight excluding hydrogens is 470 g/mol. The Labute approximate surface area is 214 Å². The number of pyridine rings is 1. The zero-order valence-electron chi connectivity index (χ0n) is 20.9. The van der Waals surface area contributed by atoms with Crippen LogP contribution in [0.5, 0.6) is 0 Å². The van der Waals surface area contributed by atoms with Gasteiger partial charge in [0.2, 0.25) is 11.7 Å². The van der Waals surface area contributed by atoms with Gasteiger partial charge in [0.15, 0.2) is 5.76 Å². The Balaban J connectivity index is 1.49. The molecule has 1 saturated carbocycles. The number of rotatable bonds is 8. The van der Waals surface area contributed by atoms with Crippen molar-refractivity contribution in [2.75, 3.05) is 4.90 Å². The largest absolute Gasteiger partial charge is 0.458 e. The molecule has 37 heavy (non-hydrogen) atoms. The lowest BCUT2D eigenvalue weighted by Crippen LogP contribution is -2.47. The molecule has 10 nitrogen and oxygen atoms in total. The van der Waals surface area contributed by atoms with E-state index in [0.29, 0.717) is 17.0 Å². The van der Waals surface area contributed by atoms with Crippen LogP contribution >= 0.6 is 0 Å². The van der Waals surface area contributed by atoms with Gasteiger partial charge in [0.25, 0.3) is 5.91 Å². The summed E-state index contributed by atoms with van der Waals surface area (Å²) in [6, 6.07) is 13.8. The molecule has 1 aliphatic rings. The van der Waals surface area contributed by atoms with Gasteiger partial charge >= 0.3 is 0 Å². The standard InChI is InChI=1S/C27H29N7O3/c1-18-6-5-9-22(16-18)34(24(35)17-33-31-26(30-32-33)23-11-10-19(2)37-23)25(20-12-14-28-15-13-20)27(36)29-21-7-3-4-8-21/h5-6,9-16,21,25H,3-4,7-8,17H2,1-2H3,(H,29,36)/t25-/m0/s1. The number of nitrogens with zero attached hydrogens (tertiary/aromatic N) is 6. The van der Waals surface area contributed by atoms with Gasteiger partial charge in [-0.1, -0.05) is 25.0 Å². The lowest BCUT2D eigenvalue weighted by molar-refractivity contribution is -0.127. The van der Waals surface area contributed by atoms with Crippen molar-refractivity contribution in [3.63, 3.8) is 0 Å². The van der Waals surface area contributed by atoms with Gasteiger partial charge in [0, 0.05) is 24.1 Å². The molecule has 5 rings (SSSR count). The number of aromatic nitrogens is 5. The molecule has 3 aromatic heterocycles. The zero-order chi connectivity index (χ0) is 25.8. The van der Waals surface area contributed by atoms with Crippen molar-refractivity contribution in [2.45, 2.75) is 58.2 Å². The Morgan fingerprint density at radius 3 is 2.59 bits per heavy atom. The highest BCUT2D eigenvalue weighted by Gasteiger charge is 2.34. The summed E-state index contributed by atoms with van der Waals surface area (Å²) in [6.45, 7) is 3.56. The first kappa shape index (κ1) is 24.4.